The summed E-state index contributed by atoms with van der Waals surface area (Å²) >= 11 is 0. The molecule has 4 N–H and O–H groups in total. The maximum atomic E-state index is 15.3. The molecule has 4 atom stereocenters. The van der Waals surface area contributed by atoms with Crippen LogP contribution < -0.4 is 17.0 Å². The van der Waals surface area contributed by atoms with Crippen molar-refractivity contribution in [1.29, 1.82) is 0 Å². The number of nitrogens with two attached hydrogens (primary N) is 1. The monoisotopic (exact) mass is 359 g/mol. The zero-order chi connectivity index (χ0) is 19.4. The summed E-state index contributed by atoms with van der Waals surface area (Å²) in [5, 5.41) is 10.5. The average molecular weight is 359 g/mol. The van der Waals surface area contributed by atoms with Crippen LogP contribution in [0.3, 0.4) is 0 Å². The van der Waals surface area contributed by atoms with Gasteiger partial charge in [0.05, 0.1) is 0 Å². The number of aromatic nitrogens is 2. The molecule has 1 saturated heterocycles. The highest BCUT2D eigenvalue weighted by molar-refractivity contribution is 5.79. The number of aryl methyl sites for hydroxylation is 1. The van der Waals surface area contributed by atoms with E-state index < -0.39 is 46.5 Å². The Morgan fingerprint density at radius 2 is 2.04 bits per heavy atom. The van der Waals surface area contributed by atoms with Gasteiger partial charge >= 0.3 is 11.7 Å². The minimum Gasteiger partial charge on any atom is -0.431 e. The van der Waals surface area contributed by atoms with Crippen molar-refractivity contribution in [2.24, 2.45) is 5.73 Å². The van der Waals surface area contributed by atoms with Gasteiger partial charge in [-0.05, 0) is 34.6 Å². The SMILES string of the molecule is Cc1cn([C@H]2O[C@H](OC(=O)C(C)(C)N)[C@@](C)(O)[C@@]2(C)F)c(=O)[nH]c1=O. The molecule has 1 aromatic heterocycles. The Hall–Kier alpha value is -2.04. The fourth-order valence-corrected chi connectivity index (χ4v) is 2.34. The summed E-state index contributed by atoms with van der Waals surface area (Å²) in [6.07, 6.45) is -2.23. The first-order valence-corrected chi connectivity index (χ1v) is 7.58. The lowest BCUT2D eigenvalue weighted by Crippen LogP contribution is -2.54. The highest BCUT2D eigenvalue weighted by atomic mass is 19.1. The lowest BCUT2D eigenvalue weighted by atomic mass is 9.88. The molecule has 0 aliphatic carbocycles. The lowest BCUT2D eigenvalue weighted by Gasteiger charge is -2.33. The number of aliphatic hydroxyl groups is 1. The van der Waals surface area contributed by atoms with Gasteiger partial charge in [0.15, 0.2) is 17.5 Å². The van der Waals surface area contributed by atoms with Gasteiger partial charge < -0.3 is 20.3 Å². The van der Waals surface area contributed by atoms with Crippen LogP contribution >= 0.6 is 0 Å². The van der Waals surface area contributed by atoms with Crippen LogP contribution in [-0.4, -0.2) is 43.7 Å². The van der Waals surface area contributed by atoms with Crippen molar-refractivity contribution < 1.29 is 23.8 Å². The van der Waals surface area contributed by atoms with Gasteiger partial charge in [-0.25, -0.2) is 14.0 Å². The molecular weight excluding hydrogens is 337 g/mol. The first-order valence-electron chi connectivity index (χ1n) is 7.58. The maximum absolute atomic E-state index is 15.3. The Kier molecular flexibility index (Phi) is 4.44. The lowest BCUT2D eigenvalue weighted by molar-refractivity contribution is -0.214. The molecule has 0 unspecified atom stereocenters. The Bertz CT molecular complexity index is 805. The molecule has 0 aromatic carbocycles. The van der Waals surface area contributed by atoms with E-state index in [0.717, 1.165) is 24.6 Å². The molecule has 9 nitrogen and oxygen atoms in total. The Morgan fingerprint density at radius 3 is 2.56 bits per heavy atom. The zero-order valence-corrected chi connectivity index (χ0v) is 14.6. The molecule has 140 valence electrons. The third-order valence-corrected chi connectivity index (χ3v) is 4.30. The topological polar surface area (TPSA) is 137 Å². The molecule has 0 spiro atoms. The number of nitrogens with one attached hydrogen (secondary N) is 1. The fourth-order valence-electron chi connectivity index (χ4n) is 2.34. The largest absolute Gasteiger partial charge is 0.431 e. The van der Waals surface area contributed by atoms with Gasteiger partial charge in [0, 0.05) is 11.8 Å². The van der Waals surface area contributed by atoms with Crippen LogP contribution in [0, 0.1) is 6.92 Å². The highest BCUT2D eigenvalue weighted by Gasteiger charge is 2.65. The van der Waals surface area contributed by atoms with Gasteiger partial charge in [0.2, 0.25) is 6.29 Å². The van der Waals surface area contributed by atoms with Crippen molar-refractivity contribution in [2.45, 2.75) is 63.9 Å². The van der Waals surface area contributed by atoms with E-state index in [1.54, 1.807) is 0 Å². The Balaban J connectivity index is 2.46. The predicted molar refractivity (Wildman–Crippen MR) is 84.5 cm³/mol. The second kappa shape index (κ2) is 5.75. The van der Waals surface area contributed by atoms with E-state index >= 15 is 4.39 Å². The number of alkyl halides is 1. The molecule has 1 aliphatic rings. The van der Waals surface area contributed by atoms with E-state index in [1.165, 1.54) is 20.8 Å². The third kappa shape index (κ3) is 3.12. The molecule has 25 heavy (non-hydrogen) atoms. The predicted octanol–water partition coefficient (Wildman–Crippen LogP) is -0.540. The fraction of sp³-hybridized carbons (Fsp3) is 0.667. The smallest absolute Gasteiger partial charge is 0.330 e. The number of carbonyl (C=O) groups excluding carboxylic acids is 1. The van der Waals surface area contributed by atoms with E-state index in [2.05, 4.69) is 0 Å². The number of esters is 1. The number of aromatic amines is 1. The number of halogens is 1. The maximum Gasteiger partial charge on any atom is 0.330 e. The number of hydrogen-bond donors (Lipinski definition) is 3. The van der Waals surface area contributed by atoms with Crippen LogP contribution in [0.4, 0.5) is 4.39 Å². The average Bonchev–Trinajstić information content (AvgIpc) is 2.61. The van der Waals surface area contributed by atoms with Gasteiger partial charge in [0.25, 0.3) is 5.56 Å². The molecule has 0 amide bonds. The van der Waals surface area contributed by atoms with Crippen molar-refractivity contribution in [2.75, 3.05) is 0 Å². The third-order valence-electron chi connectivity index (χ3n) is 4.30. The summed E-state index contributed by atoms with van der Waals surface area (Å²) in [5.41, 5.74) is -1.98. The first kappa shape index (κ1) is 19.3. The quantitative estimate of drug-likeness (QED) is 0.616. The van der Waals surface area contributed by atoms with Crippen LogP contribution in [0.1, 0.15) is 39.5 Å². The summed E-state index contributed by atoms with van der Waals surface area (Å²) in [5.74, 6) is -0.917. The normalized spacial score (nSPS) is 32.6. The molecular formula is C15H22FN3O6. The van der Waals surface area contributed by atoms with E-state index in [9.17, 15) is 19.5 Å². The summed E-state index contributed by atoms with van der Waals surface area (Å²) < 4.78 is 26.4. The van der Waals surface area contributed by atoms with Crippen LogP contribution in [0.5, 0.6) is 0 Å². The second-order valence-corrected chi connectivity index (χ2v) is 7.15. The molecule has 1 aliphatic heterocycles. The van der Waals surface area contributed by atoms with Crippen molar-refractivity contribution in [3.63, 3.8) is 0 Å². The van der Waals surface area contributed by atoms with E-state index in [4.69, 9.17) is 15.2 Å². The Morgan fingerprint density at radius 1 is 1.48 bits per heavy atom. The van der Waals surface area contributed by atoms with Gasteiger partial charge in [-0.15, -0.1) is 0 Å². The van der Waals surface area contributed by atoms with Crippen molar-refractivity contribution >= 4 is 5.97 Å². The number of hydrogen-bond acceptors (Lipinski definition) is 7. The van der Waals surface area contributed by atoms with Crippen LogP contribution in [0.2, 0.25) is 0 Å². The number of rotatable bonds is 3. The number of H-pyrrole nitrogens is 1. The van der Waals surface area contributed by atoms with Gasteiger partial charge in [0.1, 0.15) is 5.54 Å². The summed E-state index contributed by atoms with van der Waals surface area (Å²) in [7, 11) is 0. The molecule has 10 heteroatoms. The van der Waals surface area contributed by atoms with Crippen molar-refractivity contribution in [3.8, 4) is 0 Å². The summed E-state index contributed by atoms with van der Waals surface area (Å²) in [4.78, 5) is 37.5. The molecule has 0 bridgehead atoms. The van der Waals surface area contributed by atoms with Gasteiger partial charge in [-0.3, -0.25) is 14.3 Å². The minimum atomic E-state index is -2.52. The first-order chi connectivity index (χ1) is 11.2. The number of nitrogens with zero attached hydrogens (tertiary/aromatic N) is 1. The zero-order valence-electron chi connectivity index (χ0n) is 14.6. The van der Waals surface area contributed by atoms with Crippen LogP contribution in [0.15, 0.2) is 15.8 Å². The molecule has 0 saturated carbocycles. The van der Waals surface area contributed by atoms with Crippen molar-refractivity contribution in [1.82, 2.24) is 9.55 Å². The van der Waals surface area contributed by atoms with Gasteiger partial charge in [-0.2, -0.15) is 0 Å². The minimum absolute atomic E-state index is 0.141. The van der Waals surface area contributed by atoms with E-state index in [-0.39, 0.29) is 5.56 Å². The highest BCUT2D eigenvalue weighted by Crippen LogP contribution is 2.48. The van der Waals surface area contributed by atoms with Crippen molar-refractivity contribution in [3.05, 3.63) is 32.6 Å². The molecule has 1 fully saturated rings. The number of ether oxygens (including phenoxy) is 2. The van der Waals surface area contributed by atoms with Crippen LogP contribution in [0.25, 0.3) is 0 Å². The second-order valence-electron chi connectivity index (χ2n) is 7.15. The molecule has 2 heterocycles. The summed E-state index contributed by atoms with van der Waals surface area (Å²) in [6.45, 7) is 6.26. The van der Waals surface area contributed by atoms with Crippen LogP contribution in [-0.2, 0) is 14.3 Å². The molecule has 0 radical (unpaired) electrons. The number of carbonyl (C=O) groups is 1. The van der Waals surface area contributed by atoms with E-state index in [0.29, 0.717) is 0 Å². The Labute approximate surface area is 142 Å². The summed E-state index contributed by atoms with van der Waals surface area (Å²) in [6, 6.07) is 0. The van der Waals surface area contributed by atoms with E-state index in [1.807, 2.05) is 4.98 Å². The molecule has 2 rings (SSSR count). The standard InChI is InChI=1S/C15H22FN3O6/c1-7-6-19(12(22)18-8(7)20)9-14(4,16)15(5,23)11(24-9)25-10(21)13(2,3)17/h6,9,11,23H,17H2,1-5H3,(H,18,20,22)/t9-,11+,14-,15+/m0/s1. The molecule has 1 aromatic rings. The van der Waals surface area contributed by atoms with Gasteiger partial charge in [-0.1, -0.05) is 0 Å².